The van der Waals surface area contributed by atoms with E-state index < -0.39 is 0 Å². The largest absolute Gasteiger partial charge is 0.490 e. The number of amides is 1. The third-order valence-electron chi connectivity index (χ3n) is 5.04. The fourth-order valence-electron chi connectivity index (χ4n) is 3.49. The minimum atomic E-state index is -0.340. The van der Waals surface area contributed by atoms with E-state index in [0.717, 1.165) is 16.7 Å². The van der Waals surface area contributed by atoms with E-state index in [0.29, 0.717) is 35.6 Å². The van der Waals surface area contributed by atoms with E-state index >= 15 is 0 Å². The molecule has 0 aliphatic carbocycles. The number of nitrogens with one attached hydrogen (secondary N) is 1. The molecule has 0 unspecified atom stereocenters. The lowest BCUT2D eigenvalue weighted by molar-refractivity contribution is -0.123. The number of ether oxygens (including phenoxy) is 2. The van der Waals surface area contributed by atoms with Crippen molar-refractivity contribution in [2.24, 2.45) is 5.92 Å². The summed E-state index contributed by atoms with van der Waals surface area (Å²) in [5, 5.41) is 11.4. The van der Waals surface area contributed by atoms with Crippen LogP contribution in [0.4, 0.5) is 0 Å². The summed E-state index contributed by atoms with van der Waals surface area (Å²) in [5.74, 6) is 1.20. The maximum absolute atomic E-state index is 12.7. The summed E-state index contributed by atoms with van der Waals surface area (Å²) in [5.41, 5.74) is 1.08. The lowest BCUT2D eigenvalue weighted by Crippen LogP contribution is -2.37. The monoisotopic (exact) mass is 408 g/mol. The van der Waals surface area contributed by atoms with Crippen molar-refractivity contribution in [2.75, 3.05) is 13.2 Å². The second-order valence-corrected chi connectivity index (χ2v) is 7.62. The molecule has 8 nitrogen and oxygen atoms in total. The van der Waals surface area contributed by atoms with E-state index in [4.69, 9.17) is 9.47 Å². The highest BCUT2D eigenvalue weighted by molar-refractivity contribution is 5.78. The molecule has 1 aliphatic rings. The van der Waals surface area contributed by atoms with Crippen LogP contribution in [-0.2, 0) is 11.3 Å². The Hall–Kier alpha value is -3.42. The number of aromatic nitrogens is 3. The molecule has 0 bridgehead atoms. The Labute approximate surface area is 173 Å². The van der Waals surface area contributed by atoms with Gasteiger partial charge < -0.3 is 14.8 Å². The fraction of sp³-hybridized carbons (Fsp3) is 0.364. The molecule has 3 aromatic rings. The number of hydrogen-bond acceptors (Lipinski definition) is 6. The molecule has 2 aromatic carbocycles. The topological polar surface area (TPSA) is 95.3 Å². The van der Waals surface area contributed by atoms with Crippen molar-refractivity contribution < 1.29 is 14.3 Å². The summed E-state index contributed by atoms with van der Waals surface area (Å²) in [6.07, 6.45) is 0.829. The molecule has 30 heavy (non-hydrogen) atoms. The predicted molar refractivity (Wildman–Crippen MR) is 112 cm³/mol. The Kier molecular flexibility index (Phi) is 5.65. The lowest BCUT2D eigenvalue weighted by atomic mass is 9.95. The summed E-state index contributed by atoms with van der Waals surface area (Å²) in [7, 11) is 0. The van der Waals surface area contributed by atoms with Gasteiger partial charge in [0.1, 0.15) is 12.1 Å². The standard InChI is InChI=1S/C22H24N4O4/c1-14(2)21(15-8-9-18-19(12-15)30-11-5-10-29-18)23-20(27)13-26-22(28)16-6-3-4-7-17(16)24-25-26/h3-4,6-9,12,14,21H,5,10-11,13H2,1-2H3,(H,23,27)/t21-/m0/s1. The van der Waals surface area contributed by atoms with Crippen LogP contribution >= 0.6 is 0 Å². The quantitative estimate of drug-likeness (QED) is 0.697. The van der Waals surface area contributed by atoms with Crippen LogP contribution in [-0.4, -0.2) is 34.1 Å². The van der Waals surface area contributed by atoms with Gasteiger partial charge >= 0.3 is 0 Å². The Balaban J connectivity index is 1.54. The first-order chi connectivity index (χ1) is 14.5. The van der Waals surface area contributed by atoms with Crippen LogP contribution in [0.25, 0.3) is 10.9 Å². The molecule has 0 radical (unpaired) electrons. The van der Waals surface area contributed by atoms with Gasteiger partial charge in [0.2, 0.25) is 5.91 Å². The van der Waals surface area contributed by atoms with Gasteiger partial charge in [-0.3, -0.25) is 9.59 Å². The molecule has 1 aromatic heterocycles. The zero-order chi connectivity index (χ0) is 21.1. The SMILES string of the molecule is CC(C)[C@H](NC(=O)Cn1nnc2ccccc2c1=O)c1ccc2c(c1)OCCCO2. The van der Waals surface area contributed by atoms with Gasteiger partial charge in [-0.2, -0.15) is 0 Å². The maximum Gasteiger partial charge on any atom is 0.278 e. The minimum absolute atomic E-state index is 0.123. The summed E-state index contributed by atoms with van der Waals surface area (Å²) in [4.78, 5) is 25.3. The smallest absolute Gasteiger partial charge is 0.278 e. The van der Waals surface area contributed by atoms with Crippen LogP contribution in [0.3, 0.4) is 0 Å². The van der Waals surface area contributed by atoms with E-state index in [1.807, 2.05) is 32.0 Å². The fourth-order valence-corrected chi connectivity index (χ4v) is 3.49. The van der Waals surface area contributed by atoms with Crippen molar-refractivity contribution in [2.45, 2.75) is 32.9 Å². The first-order valence-corrected chi connectivity index (χ1v) is 10.0. The summed E-state index contributed by atoms with van der Waals surface area (Å²) < 4.78 is 12.5. The molecule has 1 atom stereocenters. The first-order valence-electron chi connectivity index (χ1n) is 10.0. The Morgan fingerprint density at radius 1 is 1.13 bits per heavy atom. The van der Waals surface area contributed by atoms with Crippen molar-refractivity contribution in [3.05, 3.63) is 58.4 Å². The zero-order valence-electron chi connectivity index (χ0n) is 17.0. The van der Waals surface area contributed by atoms with Gasteiger partial charge in [0.25, 0.3) is 5.56 Å². The summed E-state index contributed by atoms with van der Waals surface area (Å²) in [6.45, 7) is 5.06. The van der Waals surface area contributed by atoms with Crippen molar-refractivity contribution in [3.63, 3.8) is 0 Å². The van der Waals surface area contributed by atoms with Gasteiger partial charge in [0.05, 0.1) is 24.6 Å². The summed E-state index contributed by atoms with van der Waals surface area (Å²) >= 11 is 0. The number of benzene rings is 2. The number of fused-ring (bicyclic) bond motifs is 2. The van der Waals surface area contributed by atoms with Gasteiger partial charge in [-0.1, -0.05) is 37.3 Å². The maximum atomic E-state index is 12.7. The normalized spacial score (nSPS) is 14.4. The van der Waals surface area contributed by atoms with Crippen LogP contribution in [0.5, 0.6) is 11.5 Å². The number of nitrogens with zero attached hydrogens (tertiary/aromatic N) is 3. The number of carbonyl (C=O) groups is 1. The number of rotatable bonds is 5. The highest BCUT2D eigenvalue weighted by Crippen LogP contribution is 2.34. The summed E-state index contributed by atoms with van der Waals surface area (Å²) in [6, 6.07) is 12.4. The molecular weight excluding hydrogens is 384 g/mol. The van der Waals surface area contributed by atoms with Crippen molar-refractivity contribution in [1.82, 2.24) is 20.3 Å². The molecule has 1 N–H and O–H groups in total. The van der Waals surface area contributed by atoms with Crippen LogP contribution in [0, 0.1) is 5.92 Å². The molecule has 1 aliphatic heterocycles. The van der Waals surface area contributed by atoms with Crippen molar-refractivity contribution in [3.8, 4) is 11.5 Å². The van der Waals surface area contributed by atoms with E-state index in [1.54, 1.807) is 24.3 Å². The highest BCUT2D eigenvalue weighted by Gasteiger charge is 2.22. The predicted octanol–water partition coefficient (Wildman–Crippen LogP) is 2.47. The van der Waals surface area contributed by atoms with Crippen LogP contribution in [0.2, 0.25) is 0 Å². The molecule has 2 heterocycles. The third kappa shape index (κ3) is 4.12. The number of carbonyl (C=O) groups excluding carboxylic acids is 1. The zero-order valence-corrected chi connectivity index (χ0v) is 17.0. The molecule has 0 saturated carbocycles. The minimum Gasteiger partial charge on any atom is -0.490 e. The second-order valence-electron chi connectivity index (χ2n) is 7.62. The molecule has 0 saturated heterocycles. The molecule has 1 amide bonds. The van der Waals surface area contributed by atoms with Gasteiger partial charge in [-0.15, -0.1) is 5.10 Å². The lowest BCUT2D eigenvalue weighted by Gasteiger charge is -2.24. The second kappa shape index (κ2) is 8.52. The van der Waals surface area contributed by atoms with Crippen LogP contribution in [0.1, 0.15) is 31.9 Å². The Morgan fingerprint density at radius 2 is 1.90 bits per heavy atom. The van der Waals surface area contributed by atoms with E-state index in [-0.39, 0.29) is 30.0 Å². The average Bonchev–Trinajstić information content (AvgIpc) is 2.99. The van der Waals surface area contributed by atoms with Crippen molar-refractivity contribution in [1.29, 1.82) is 0 Å². The van der Waals surface area contributed by atoms with Gasteiger partial charge in [-0.25, -0.2) is 4.68 Å². The molecule has 0 fully saturated rings. The Morgan fingerprint density at radius 3 is 2.70 bits per heavy atom. The molecule has 8 heteroatoms. The van der Waals surface area contributed by atoms with E-state index in [9.17, 15) is 9.59 Å². The first kappa shape index (κ1) is 19.9. The van der Waals surface area contributed by atoms with Gasteiger partial charge in [-0.05, 0) is 35.7 Å². The van der Waals surface area contributed by atoms with E-state index in [1.165, 1.54) is 0 Å². The molecular formula is C22H24N4O4. The van der Waals surface area contributed by atoms with Gasteiger partial charge in [0.15, 0.2) is 11.5 Å². The third-order valence-corrected chi connectivity index (χ3v) is 5.04. The van der Waals surface area contributed by atoms with E-state index in [2.05, 4.69) is 15.6 Å². The molecule has 0 spiro atoms. The van der Waals surface area contributed by atoms with Crippen LogP contribution < -0.4 is 20.3 Å². The van der Waals surface area contributed by atoms with Crippen molar-refractivity contribution >= 4 is 16.8 Å². The molecule has 156 valence electrons. The van der Waals surface area contributed by atoms with Gasteiger partial charge in [0, 0.05) is 6.42 Å². The average molecular weight is 408 g/mol. The highest BCUT2D eigenvalue weighted by atomic mass is 16.5. The molecule has 4 rings (SSSR count). The Bertz CT molecular complexity index is 1130. The van der Waals surface area contributed by atoms with Crippen LogP contribution in [0.15, 0.2) is 47.3 Å². The number of hydrogen-bond donors (Lipinski definition) is 1.